The van der Waals surface area contributed by atoms with E-state index in [0.29, 0.717) is 19.3 Å². The minimum Gasteiger partial charge on any atom is -0.506 e. The smallest absolute Gasteiger partial charge is 0.184 e. The molecule has 2 saturated carbocycles. The van der Waals surface area contributed by atoms with Crippen molar-refractivity contribution < 1.29 is 29.3 Å². The molecule has 0 radical (unpaired) electrons. The Kier molecular flexibility index (Phi) is 11.7. The van der Waals surface area contributed by atoms with Crippen molar-refractivity contribution in [2.45, 2.75) is 101 Å². The zero-order valence-electron chi connectivity index (χ0n) is 29.7. The number of allylic oxidation sites excluding steroid dienone is 9. The normalized spacial score (nSPS) is 26.1. The Morgan fingerprint density at radius 2 is 1.51 bits per heavy atom. The molecule has 3 rings (SSSR count). The van der Waals surface area contributed by atoms with Crippen molar-refractivity contribution in [3.8, 4) is 23.8 Å². The summed E-state index contributed by atoms with van der Waals surface area (Å²) in [5.74, 6) is -0.229. The number of ether oxygens (including phenoxy) is 1. The Morgan fingerprint density at radius 3 is 2.06 bits per heavy atom. The molecule has 0 heterocycles. The van der Waals surface area contributed by atoms with Crippen molar-refractivity contribution in [1.29, 1.82) is 0 Å². The highest BCUT2D eigenvalue weighted by Crippen LogP contribution is 2.67. The second-order valence-electron chi connectivity index (χ2n) is 14.5. The summed E-state index contributed by atoms with van der Waals surface area (Å²) in [7, 11) is 0. The van der Waals surface area contributed by atoms with Gasteiger partial charge in [0.2, 0.25) is 0 Å². The van der Waals surface area contributed by atoms with Gasteiger partial charge in [0.25, 0.3) is 0 Å². The average Bonchev–Trinajstić information content (AvgIpc) is 2.98. The van der Waals surface area contributed by atoms with E-state index in [0.717, 1.165) is 22.3 Å². The highest BCUT2D eigenvalue weighted by Gasteiger charge is 2.74. The molecule has 2 bridgehead atoms. The monoisotopic (exact) mass is 640 g/mol. The molecule has 2 fully saturated rings. The first kappa shape index (κ1) is 37.3. The Morgan fingerprint density at radius 1 is 0.915 bits per heavy atom. The fraction of sp³-hybridized carbons (Fsp3) is 0.488. The third-order valence-corrected chi connectivity index (χ3v) is 10.1. The van der Waals surface area contributed by atoms with Gasteiger partial charge >= 0.3 is 0 Å². The molecule has 0 unspecified atom stereocenters. The lowest BCUT2D eigenvalue weighted by Crippen LogP contribution is -2.70. The summed E-state index contributed by atoms with van der Waals surface area (Å²) in [5.41, 5.74) is -0.131. The summed E-state index contributed by atoms with van der Waals surface area (Å²) in [4.78, 5) is 45.4. The number of fused-ring (bicyclic) bond motifs is 2. The number of rotatable bonds is 12. The van der Waals surface area contributed by atoms with Gasteiger partial charge in [-0.25, -0.2) is 0 Å². The molecule has 1 aromatic carbocycles. The zero-order chi connectivity index (χ0) is 35.3. The lowest BCUT2D eigenvalue weighted by Gasteiger charge is -2.61. The summed E-state index contributed by atoms with van der Waals surface area (Å²) < 4.78 is 5.37. The van der Waals surface area contributed by atoms with Crippen LogP contribution in [0.25, 0.3) is 5.76 Å². The summed E-state index contributed by atoms with van der Waals surface area (Å²) in [6, 6.07) is 4.15. The Hall–Kier alpha value is -4.11. The molecule has 0 saturated heterocycles. The molecule has 0 aromatic heterocycles. The van der Waals surface area contributed by atoms with E-state index in [9.17, 15) is 15.0 Å². The number of carbonyl (C=O) groups excluding carboxylic acids is 3. The van der Waals surface area contributed by atoms with Gasteiger partial charge in [-0.3, -0.25) is 14.4 Å². The molecular formula is C41H52O6. The van der Waals surface area contributed by atoms with Crippen molar-refractivity contribution in [3.05, 3.63) is 75.9 Å². The van der Waals surface area contributed by atoms with Crippen molar-refractivity contribution in [1.82, 2.24) is 0 Å². The first-order chi connectivity index (χ1) is 22.0. The van der Waals surface area contributed by atoms with Crippen molar-refractivity contribution in [3.63, 3.8) is 0 Å². The quantitative estimate of drug-likeness (QED) is 0.0590. The third-order valence-electron chi connectivity index (χ3n) is 10.1. The van der Waals surface area contributed by atoms with Gasteiger partial charge in [-0.05, 0) is 123 Å². The number of phenols is 1. The number of terminal acetylenes is 1. The summed E-state index contributed by atoms with van der Waals surface area (Å²) in [5, 5.41) is 22.5. The van der Waals surface area contributed by atoms with E-state index in [1.165, 1.54) is 18.2 Å². The summed E-state index contributed by atoms with van der Waals surface area (Å²) in [6.45, 7) is 17.8. The van der Waals surface area contributed by atoms with E-state index >= 15 is 9.59 Å². The highest BCUT2D eigenvalue weighted by atomic mass is 16.5. The fourth-order valence-corrected chi connectivity index (χ4v) is 7.36. The first-order valence-corrected chi connectivity index (χ1v) is 16.5. The molecule has 6 nitrogen and oxygen atoms in total. The van der Waals surface area contributed by atoms with Gasteiger partial charge in [-0.2, -0.15) is 0 Å². The van der Waals surface area contributed by atoms with Crippen LogP contribution in [-0.4, -0.2) is 34.2 Å². The molecular weight excluding hydrogens is 588 g/mol. The Bertz CT molecular complexity index is 1610. The van der Waals surface area contributed by atoms with Crippen LogP contribution >= 0.6 is 0 Å². The molecule has 6 heteroatoms. The maximum Gasteiger partial charge on any atom is 0.184 e. The number of benzene rings is 1. The van der Waals surface area contributed by atoms with E-state index < -0.39 is 33.6 Å². The molecule has 0 amide bonds. The van der Waals surface area contributed by atoms with Crippen LogP contribution in [0.2, 0.25) is 0 Å². The van der Waals surface area contributed by atoms with Crippen LogP contribution in [0, 0.1) is 34.5 Å². The van der Waals surface area contributed by atoms with E-state index in [-0.39, 0.29) is 60.2 Å². The molecule has 2 aliphatic carbocycles. The molecule has 2 N–H and O–H groups in total. The van der Waals surface area contributed by atoms with Gasteiger partial charge < -0.3 is 14.9 Å². The van der Waals surface area contributed by atoms with Crippen molar-refractivity contribution in [2.24, 2.45) is 22.2 Å². The average molecular weight is 641 g/mol. The lowest BCUT2D eigenvalue weighted by molar-refractivity contribution is -0.178. The second kappa shape index (κ2) is 14.8. The molecule has 0 spiro atoms. The maximum atomic E-state index is 15.3. The summed E-state index contributed by atoms with van der Waals surface area (Å²) >= 11 is 0. The number of aliphatic hydroxyl groups is 1. The summed E-state index contributed by atoms with van der Waals surface area (Å²) in [6.07, 6.45) is 15.7. The fourth-order valence-electron chi connectivity index (χ4n) is 7.36. The first-order valence-electron chi connectivity index (χ1n) is 16.5. The third kappa shape index (κ3) is 7.10. The van der Waals surface area contributed by atoms with Gasteiger partial charge in [-0.1, -0.05) is 59.4 Å². The number of carbonyl (C=O) groups is 3. The van der Waals surface area contributed by atoms with E-state index in [1.807, 2.05) is 74.5 Å². The predicted octanol–water partition coefficient (Wildman–Crippen LogP) is 9.21. The van der Waals surface area contributed by atoms with Crippen molar-refractivity contribution in [2.75, 3.05) is 6.61 Å². The minimum atomic E-state index is -1.61. The lowest BCUT2D eigenvalue weighted by atomic mass is 9.37. The van der Waals surface area contributed by atoms with E-state index in [1.54, 1.807) is 0 Å². The van der Waals surface area contributed by atoms with Crippen LogP contribution < -0.4 is 4.74 Å². The zero-order valence-corrected chi connectivity index (χ0v) is 29.7. The van der Waals surface area contributed by atoms with Crippen LogP contribution in [0.4, 0.5) is 0 Å². The number of phenolic OH excluding ortho intramolecular Hbond substituents is 1. The molecule has 1 aromatic rings. The number of hydrogen-bond donors (Lipinski definition) is 2. The van der Waals surface area contributed by atoms with E-state index in [4.69, 9.17) is 11.2 Å². The molecule has 2 aliphatic rings. The number of ketones is 3. The highest BCUT2D eigenvalue weighted by molar-refractivity contribution is 6.41. The maximum absolute atomic E-state index is 15.3. The van der Waals surface area contributed by atoms with E-state index in [2.05, 4.69) is 18.1 Å². The Labute approximate surface area is 281 Å². The Balaban J connectivity index is 2.47. The van der Waals surface area contributed by atoms with Gasteiger partial charge in [0.05, 0.1) is 5.41 Å². The molecule has 47 heavy (non-hydrogen) atoms. The SMILES string of the molecule is C#CCOc1ccc(C(O)=C2C(=O)[C@]3(CC=C(C)C)C[C@H](CC=C(C)C)[C@@](C)(CCC=C(C)C)[C@](CC=C(C)C)(C2=O)C3=O)cc1O. The van der Waals surface area contributed by atoms with Crippen molar-refractivity contribution >= 4 is 23.1 Å². The van der Waals surface area contributed by atoms with Crippen LogP contribution in [0.5, 0.6) is 11.5 Å². The number of aliphatic hydroxyl groups excluding tert-OH is 1. The largest absolute Gasteiger partial charge is 0.506 e. The number of aromatic hydroxyl groups is 1. The minimum absolute atomic E-state index is 0.0711. The predicted molar refractivity (Wildman–Crippen MR) is 189 cm³/mol. The second-order valence-corrected chi connectivity index (χ2v) is 14.5. The van der Waals surface area contributed by atoms with Gasteiger partial charge in [0, 0.05) is 5.56 Å². The van der Waals surface area contributed by atoms with Crippen LogP contribution in [-0.2, 0) is 14.4 Å². The van der Waals surface area contributed by atoms with Gasteiger partial charge in [0.1, 0.15) is 23.4 Å². The van der Waals surface area contributed by atoms with Gasteiger partial charge in [-0.15, -0.1) is 6.42 Å². The van der Waals surface area contributed by atoms with Crippen LogP contribution in [0.3, 0.4) is 0 Å². The standard InChI is InChI=1S/C41H52O6/c1-11-23-47-33-17-15-30(24-32(33)42)35(43)34-36(44)40(21-18-28(6)7)25-31(16-14-27(4)5)39(10,20-12-13-26(2)3)41(37(34)45,38(40)46)22-19-29(8)9/h1,13-15,17-19,24,31,42-43H,12,16,20-23,25H2,2-10H3/t31-,39+,40-,41+/m0/s1. The number of hydrogen-bond acceptors (Lipinski definition) is 6. The van der Waals surface area contributed by atoms with Crippen LogP contribution in [0.15, 0.2) is 70.4 Å². The molecule has 4 atom stereocenters. The topological polar surface area (TPSA) is 101 Å². The molecule has 252 valence electrons. The molecule has 0 aliphatic heterocycles. The number of Topliss-reactive ketones (excluding diaryl/α,β-unsaturated/α-hetero) is 3. The van der Waals surface area contributed by atoms with Crippen LogP contribution in [0.1, 0.15) is 106 Å². The van der Waals surface area contributed by atoms with Gasteiger partial charge in [0.15, 0.2) is 28.8 Å².